The van der Waals surface area contributed by atoms with Crippen molar-refractivity contribution in [1.82, 2.24) is 0 Å². The molecule has 0 aliphatic heterocycles. The number of hydrogen-bond acceptors (Lipinski definition) is 6. The van der Waals surface area contributed by atoms with Crippen LogP contribution in [0.1, 0.15) is 157 Å². The van der Waals surface area contributed by atoms with Gasteiger partial charge in [-0.05, 0) is 53.4 Å². The fourth-order valence-corrected chi connectivity index (χ4v) is 4.37. The number of aliphatic hydroxyl groups excluding tert-OH is 2. The molecule has 0 aliphatic carbocycles. The predicted octanol–water partition coefficient (Wildman–Crippen LogP) is 5.46. The van der Waals surface area contributed by atoms with Crippen LogP contribution in [0.5, 0.6) is 0 Å². The van der Waals surface area contributed by atoms with Gasteiger partial charge in [0.1, 0.15) is 13.1 Å². The summed E-state index contributed by atoms with van der Waals surface area (Å²) in [5.74, 6) is -1.82. The summed E-state index contributed by atoms with van der Waals surface area (Å²) in [6.07, 6.45) is 19.5. The summed E-state index contributed by atoms with van der Waals surface area (Å²) in [4.78, 5) is 20.1. The lowest BCUT2D eigenvalue weighted by molar-refractivity contribution is -0.906. The molecule has 0 aliphatic rings. The van der Waals surface area contributed by atoms with Crippen LogP contribution in [0.15, 0.2) is 0 Å². The number of quaternary nitrogens is 2. The zero-order valence-electron chi connectivity index (χ0n) is 30.8. The Morgan fingerprint density at radius 2 is 0.682 bits per heavy atom. The van der Waals surface area contributed by atoms with Crippen LogP contribution in [0.2, 0.25) is 0 Å². The number of rotatable bonds is 26. The smallest absolute Gasteiger partial charge is 0.102 e. The Labute approximate surface area is 274 Å². The van der Waals surface area contributed by atoms with Crippen molar-refractivity contribution in [1.29, 1.82) is 0 Å². The predicted molar refractivity (Wildman–Crippen MR) is 183 cm³/mol. The van der Waals surface area contributed by atoms with Crippen LogP contribution < -0.4 is 10.2 Å². The Morgan fingerprint density at radius 3 is 0.841 bits per heavy atom. The molecular formula is C36H78N2O6. The number of carbonyl (C=O) groups excluding carboxylic acids is 2. The molecule has 0 unspecified atom stereocenters. The number of hydrogen-bond donors (Lipinski definition) is 2. The lowest BCUT2D eigenvalue weighted by Crippen LogP contribution is -2.45. The summed E-state index contributed by atoms with van der Waals surface area (Å²) < 4.78 is 1.97. The second-order valence-corrected chi connectivity index (χ2v) is 12.6. The first-order valence-corrected chi connectivity index (χ1v) is 18.2. The van der Waals surface area contributed by atoms with E-state index >= 15 is 0 Å². The van der Waals surface area contributed by atoms with E-state index in [9.17, 15) is 19.8 Å². The van der Waals surface area contributed by atoms with Gasteiger partial charge in [0.25, 0.3) is 0 Å². The molecule has 0 spiro atoms. The first-order valence-electron chi connectivity index (χ1n) is 18.2. The second-order valence-electron chi connectivity index (χ2n) is 12.6. The molecule has 0 radical (unpaired) electrons. The van der Waals surface area contributed by atoms with Gasteiger partial charge in [-0.15, -0.1) is 0 Å². The van der Waals surface area contributed by atoms with Crippen LogP contribution in [0.25, 0.3) is 0 Å². The molecule has 2 N–H and O–H groups in total. The van der Waals surface area contributed by atoms with Gasteiger partial charge in [0.05, 0.1) is 53.5 Å². The SMILES string of the molecule is CCCCCCCCCC(=O)[O-].CCCCCCCCCCCC(=O)[O-].CC[N+](C)(CC)CCO.CC[N+](C)(CC)CCO. The first kappa shape index (κ1) is 49.7. The lowest BCUT2D eigenvalue weighted by Gasteiger charge is -2.31. The molecule has 0 rings (SSSR count). The second kappa shape index (κ2) is 38.0. The number of aliphatic hydroxyl groups is 2. The van der Waals surface area contributed by atoms with Gasteiger partial charge >= 0.3 is 0 Å². The zero-order chi connectivity index (χ0) is 34.5. The highest BCUT2D eigenvalue weighted by Crippen LogP contribution is 2.10. The average molecular weight is 635 g/mol. The standard InChI is InChI=1S/C12H24O2.C10H20O2.2C7H18NO/c1-2-3-4-5-6-7-8-9-10-11-12(13)14;1-2-3-4-5-6-7-8-9-10(11)12;2*1-4-8(3,5-2)6-7-9/h2-11H2,1H3,(H,13,14);2-9H2,1H3,(H,11,12);2*9H,4-7H2,1-3H3/q;;2*+1/p-2. The van der Waals surface area contributed by atoms with Crippen molar-refractivity contribution >= 4 is 11.9 Å². The third-order valence-corrected chi connectivity index (χ3v) is 8.80. The van der Waals surface area contributed by atoms with Crippen molar-refractivity contribution in [3.63, 3.8) is 0 Å². The monoisotopic (exact) mass is 635 g/mol. The molecule has 0 fully saturated rings. The number of carbonyl (C=O) groups is 2. The number of carboxylic acid groups (broad SMARTS) is 2. The molecule has 8 nitrogen and oxygen atoms in total. The van der Waals surface area contributed by atoms with Crippen molar-refractivity contribution in [2.24, 2.45) is 0 Å². The Balaban J connectivity index is -0.000000247. The molecular weight excluding hydrogens is 556 g/mol. The normalized spacial score (nSPS) is 11.0. The Hall–Kier alpha value is -1.22. The quantitative estimate of drug-likeness (QED) is 0.0963. The fraction of sp³-hybridized carbons (Fsp3) is 0.944. The maximum atomic E-state index is 10.1. The van der Waals surface area contributed by atoms with E-state index in [4.69, 9.17) is 10.2 Å². The number of aliphatic carboxylic acids is 2. The molecule has 0 bridgehead atoms. The molecule has 44 heavy (non-hydrogen) atoms. The molecule has 0 saturated heterocycles. The van der Waals surface area contributed by atoms with Gasteiger partial charge in [-0.2, -0.15) is 0 Å². The number of likely N-dealkylation sites (N-methyl/N-ethyl adjacent to an activating group) is 2. The van der Waals surface area contributed by atoms with Crippen LogP contribution >= 0.6 is 0 Å². The summed E-state index contributed by atoms with van der Waals surface area (Å²) in [7, 11) is 4.33. The fourth-order valence-electron chi connectivity index (χ4n) is 4.37. The van der Waals surface area contributed by atoms with Crippen molar-refractivity contribution < 1.29 is 39.0 Å². The topological polar surface area (TPSA) is 121 Å². The minimum atomic E-state index is -0.913. The van der Waals surface area contributed by atoms with Gasteiger partial charge in [0.2, 0.25) is 0 Å². The maximum Gasteiger partial charge on any atom is 0.102 e. The van der Waals surface area contributed by atoms with E-state index in [-0.39, 0.29) is 12.8 Å². The third kappa shape index (κ3) is 42.9. The van der Waals surface area contributed by atoms with Crippen molar-refractivity contribution in [3.05, 3.63) is 0 Å². The molecule has 268 valence electrons. The van der Waals surface area contributed by atoms with Gasteiger partial charge < -0.3 is 39.0 Å². The first-order chi connectivity index (χ1) is 20.9. The number of unbranched alkanes of at least 4 members (excludes halogenated alkanes) is 14. The zero-order valence-corrected chi connectivity index (χ0v) is 30.8. The Bertz CT molecular complexity index is 561. The highest BCUT2D eigenvalue weighted by Gasteiger charge is 2.14. The van der Waals surface area contributed by atoms with Gasteiger partial charge in [0, 0.05) is 11.9 Å². The lowest BCUT2D eigenvalue weighted by atomic mass is 10.1. The van der Waals surface area contributed by atoms with Gasteiger partial charge in [-0.25, -0.2) is 0 Å². The molecule has 0 aromatic heterocycles. The van der Waals surface area contributed by atoms with Crippen LogP contribution in [0.3, 0.4) is 0 Å². The molecule has 0 amide bonds. The third-order valence-electron chi connectivity index (χ3n) is 8.80. The molecule has 0 atom stereocenters. The minimum Gasteiger partial charge on any atom is -0.550 e. The highest BCUT2D eigenvalue weighted by molar-refractivity contribution is 5.64. The average Bonchev–Trinajstić information content (AvgIpc) is 3.00. The summed E-state index contributed by atoms with van der Waals surface area (Å²) in [6, 6.07) is 0. The van der Waals surface area contributed by atoms with E-state index in [1.165, 1.54) is 77.0 Å². The summed E-state index contributed by atoms with van der Waals surface area (Å²) in [5.41, 5.74) is 0. The molecule has 8 heteroatoms. The van der Waals surface area contributed by atoms with E-state index in [0.717, 1.165) is 73.9 Å². The number of carboxylic acids is 2. The Morgan fingerprint density at radius 1 is 0.455 bits per heavy atom. The van der Waals surface area contributed by atoms with Crippen molar-refractivity contribution in [2.75, 3.05) is 66.6 Å². The van der Waals surface area contributed by atoms with Gasteiger partial charge in [0.15, 0.2) is 0 Å². The molecule has 0 heterocycles. The minimum absolute atomic E-state index is 0.230. The molecule has 0 aromatic rings. The van der Waals surface area contributed by atoms with Crippen LogP contribution in [0, 0.1) is 0 Å². The summed E-state index contributed by atoms with van der Waals surface area (Å²) in [5, 5.41) is 37.4. The maximum absolute atomic E-state index is 10.1. The van der Waals surface area contributed by atoms with Gasteiger partial charge in [-0.3, -0.25) is 0 Å². The van der Waals surface area contributed by atoms with Crippen LogP contribution in [-0.2, 0) is 9.59 Å². The summed E-state index contributed by atoms with van der Waals surface area (Å²) in [6.45, 7) is 19.8. The van der Waals surface area contributed by atoms with Crippen LogP contribution in [0.4, 0.5) is 0 Å². The van der Waals surface area contributed by atoms with E-state index in [0.29, 0.717) is 13.2 Å². The molecule has 0 saturated carbocycles. The Kier molecular flexibility index (Phi) is 42.8. The van der Waals surface area contributed by atoms with Gasteiger partial charge in [-0.1, -0.05) is 104 Å². The highest BCUT2D eigenvalue weighted by atomic mass is 16.4. The van der Waals surface area contributed by atoms with E-state index in [1.807, 2.05) is 0 Å². The van der Waals surface area contributed by atoms with Crippen molar-refractivity contribution in [3.8, 4) is 0 Å². The van der Waals surface area contributed by atoms with E-state index in [2.05, 4.69) is 55.6 Å². The largest absolute Gasteiger partial charge is 0.550 e. The van der Waals surface area contributed by atoms with E-state index in [1.54, 1.807) is 0 Å². The molecule has 0 aromatic carbocycles. The van der Waals surface area contributed by atoms with Crippen LogP contribution in [-0.4, -0.2) is 97.7 Å². The number of nitrogens with zero attached hydrogens (tertiary/aromatic N) is 2. The van der Waals surface area contributed by atoms with E-state index < -0.39 is 11.9 Å². The van der Waals surface area contributed by atoms with Crippen molar-refractivity contribution in [2.45, 2.75) is 157 Å². The summed E-state index contributed by atoms with van der Waals surface area (Å²) >= 11 is 0.